The van der Waals surface area contributed by atoms with Gasteiger partial charge in [0.15, 0.2) is 11.5 Å². The molecule has 0 amide bonds. The molecule has 0 unspecified atom stereocenters. The first-order chi connectivity index (χ1) is 17.8. The maximum Gasteiger partial charge on any atom is 0.159 e. The van der Waals surface area contributed by atoms with Gasteiger partial charge in [-0.1, -0.05) is 6.07 Å². The Morgan fingerprint density at radius 1 is 0.861 bits per heavy atom. The summed E-state index contributed by atoms with van der Waals surface area (Å²) in [5.41, 5.74) is 8.23. The van der Waals surface area contributed by atoms with Crippen molar-refractivity contribution in [3.63, 3.8) is 0 Å². The molecule has 1 fully saturated rings. The Labute approximate surface area is 206 Å². The molecule has 0 atom stereocenters. The fraction of sp³-hybridized carbons (Fsp3) is 0.185. The lowest BCUT2D eigenvalue weighted by molar-refractivity contribution is 0.331. The van der Waals surface area contributed by atoms with Crippen LogP contribution in [-0.4, -0.2) is 58.1 Å². The molecule has 0 spiro atoms. The standard InChI is InChI=1S/C27H23N9/c1-2-7-36(6-1)16-17-8-19(12-29-10-17)20-9-21-25(34-35-26(21)31-13-20)27-32-23-15-30-14-22(24(23)33-27)18-4-3-5-28-11-18/h3-5,8-15H,1-2,6-7,16H2,(H,32,33)(H,31,34,35). The molecule has 0 bridgehead atoms. The third kappa shape index (κ3) is 3.70. The molecule has 0 aliphatic carbocycles. The number of hydrogen-bond donors (Lipinski definition) is 2. The van der Waals surface area contributed by atoms with Gasteiger partial charge in [-0.25, -0.2) is 9.97 Å². The minimum atomic E-state index is 0.661. The summed E-state index contributed by atoms with van der Waals surface area (Å²) in [7, 11) is 0. The van der Waals surface area contributed by atoms with Crippen LogP contribution in [0.2, 0.25) is 0 Å². The van der Waals surface area contributed by atoms with Crippen molar-refractivity contribution in [3.05, 3.63) is 73.2 Å². The second-order valence-corrected chi connectivity index (χ2v) is 9.17. The fourth-order valence-electron chi connectivity index (χ4n) is 4.95. The second kappa shape index (κ2) is 8.62. The summed E-state index contributed by atoms with van der Waals surface area (Å²) in [5, 5.41) is 8.49. The van der Waals surface area contributed by atoms with Crippen molar-refractivity contribution in [2.24, 2.45) is 0 Å². The smallest absolute Gasteiger partial charge is 0.159 e. The molecule has 0 radical (unpaired) electrons. The SMILES string of the molecule is c1cncc(-c2cncc3[nH]c(-c4n[nH]c5ncc(-c6cncc(CN7CCCC7)c6)cc45)nc23)c1. The number of imidazole rings is 1. The van der Waals surface area contributed by atoms with Crippen LogP contribution in [0.25, 0.3) is 55.8 Å². The molecule has 6 aromatic rings. The van der Waals surface area contributed by atoms with E-state index in [-0.39, 0.29) is 0 Å². The number of nitrogens with one attached hydrogen (secondary N) is 2. The normalized spacial score (nSPS) is 14.2. The number of aromatic amines is 2. The van der Waals surface area contributed by atoms with Gasteiger partial charge in [-0.3, -0.25) is 25.0 Å². The van der Waals surface area contributed by atoms with E-state index < -0.39 is 0 Å². The van der Waals surface area contributed by atoms with E-state index in [2.05, 4.69) is 52.1 Å². The monoisotopic (exact) mass is 473 g/mol. The van der Waals surface area contributed by atoms with Gasteiger partial charge in [0, 0.05) is 66.0 Å². The van der Waals surface area contributed by atoms with E-state index in [0.717, 1.165) is 58.3 Å². The summed E-state index contributed by atoms with van der Waals surface area (Å²) in [6.07, 6.45) is 15.4. The summed E-state index contributed by atoms with van der Waals surface area (Å²) in [6, 6.07) is 8.22. The summed E-state index contributed by atoms with van der Waals surface area (Å²) in [4.78, 5) is 28.6. The first-order valence-corrected chi connectivity index (χ1v) is 12.1. The van der Waals surface area contributed by atoms with Gasteiger partial charge in [-0.05, 0) is 49.7 Å². The van der Waals surface area contributed by atoms with Crippen LogP contribution in [0.3, 0.4) is 0 Å². The zero-order valence-electron chi connectivity index (χ0n) is 19.5. The molecule has 1 saturated heterocycles. The predicted octanol–water partition coefficient (Wildman–Crippen LogP) is 4.62. The van der Waals surface area contributed by atoms with Crippen molar-refractivity contribution in [2.75, 3.05) is 13.1 Å². The highest BCUT2D eigenvalue weighted by atomic mass is 15.2. The third-order valence-electron chi connectivity index (χ3n) is 6.74. The highest BCUT2D eigenvalue weighted by Gasteiger charge is 2.17. The van der Waals surface area contributed by atoms with E-state index in [1.807, 2.05) is 43.1 Å². The number of nitrogens with zero attached hydrogens (tertiary/aromatic N) is 7. The van der Waals surface area contributed by atoms with Crippen molar-refractivity contribution < 1.29 is 0 Å². The number of hydrogen-bond acceptors (Lipinski definition) is 7. The zero-order valence-corrected chi connectivity index (χ0v) is 19.5. The molecule has 0 saturated carbocycles. The van der Waals surface area contributed by atoms with Crippen LogP contribution in [-0.2, 0) is 6.54 Å². The summed E-state index contributed by atoms with van der Waals surface area (Å²) >= 11 is 0. The van der Waals surface area contributed by atoms with Gasteiger partial charge in [0.1, 0.15) is 11.2 Å². The minimum absolute atomic E-state index is 0.661. The summed E-state index contributed by atoms with van der Waals surface area (Å²) in [6.45, 7) is 3.25. The molecule has 9 nitrogen and oxygen atoms in total. The molecule has 36 heavy (non-hydrogen) atoms. The first-order valence-electron chi connectivity index (χ1n) is 12.1. The van der Waals surface area contributed by atoms with Gasteiger partial charge >= 0.3 is 0 Å². The molecular formula is C27H23N9. The van der Waals surface area contributed by atoms with Crippen LogP contribution >= 0.6 is 0 Å². The van der Waals surface area contributed by atoms with Crippen LogP contribution in [0, 0.1) is 0 Å². The quantitative estimate of drug-likeness (QED) is 0.376. The first kappa shape index (κ1) is 20.8. The molecule has 2 N–H and O–H groups in total. The average Bonchev–Trinajstić information content (AvgIpc) is 3.68. The van der Waals surface area contributed by atoms with Crippen molar-refractivity contribution >= 4 is 22.1 Å². The van der Waals surface area contributed by atoms with Gasteiger partial charge in [-0.15, -0.1) is 0 Å². The third-order valence-corrected chi connectivity index (χ3v) is 6.74. The van der Waals surface area contributed by atoms with Gasteiger partial charge in [0.25, 0.3) is 0 Å². The molecule has 7 rings (SSSR count). The van der Waals surface area contributed by atoms with Crippen LogP contribution in [0.4, 0.5) is 0 Å². The Morgan fingerprint density at radius 3 is 2.61 bits per heavy atom. The van der Waals surface area contributed by atoms with E-state index in [4.69, 9.17) is 4.98 Å². The maximum absolute atomic E-state index is 4.90. The van der Waals surface area contributed by atoms with Crippen molar-refractivity contribution in [1.29, 1.82) is 0 Å². The largest absolute Gasteiger partial charge is 0.335 e. The zero-order chi connectivity index (χ0) is 23.9. The van der Waals surface area contributed by atoms with Crippen LogP contribution in [0.1, 0.15) is 18.4 Å². The van der Waals surface area contributed by atoms with Crippen molar-refractivity contribution in [3.8, 4) is 33.8 Å². The van der Waals surface area contributed by atoms with Gasteiger partial charge < -0.3 is 4.98 Å². The van der Waals surface area contributed by atoms with E-state index in [0.29, 0.717) is 17.2 Å². The number of pyridine rings is 4. The van der Waals surface area contributed by atoms with Gasteiger partial charge in [0.05, 0.1) is 17.1 Å². The van der Waals surface area contributed by atoms with Crippen LogP contribution < -0.4 is 0 Å². The number of fused-ring (bicyclic) bond motifs is 2. The fourth-order valence-corrected chi connectivity index (χ4v) is 4.95. The molecule has 6 aromatic heterocycles. The Kier molecular flexibility index (Phi) is 4.99. The Balaban J connectivity index is 1.28. The van der Waals surface area contributed by atoms with E-state index in [1.54, 1.807) is 12.4 Å². The number of rotatable bonds is 5. The number of aromatic nitrogens is 8. The Morgan fingerprint density at radius 2 is 1.72 bits per heavy atom. The molecule has 1 aliphatic rings. The van der Waals surface area contributed by atoms with E-state index in [1.165, 1.54) is 18.4 Å². The second-order valence-electron chi connectivity index (χ2n) is 9.17. The lowest BCUT2D eigenvalue weighted by atomic mass is 10.1. The highest BCUT2D eigenvalue weighted by Crippen LogP contribution is 2.32. The van der Waals surface area contributed by atoms with Gasteiger partial charge in [-0.2, -0.15) is 5.10 Å². The predicted molar refractivity (Wildman–Crippen MR) is 138 cm³/mol. The van der Waals surface area contributed by atoms with Crippen LogP contribution in [0.5, 0.6) is 0 Å². The average molecular weight is 474 g/mol. The lowest BCUT2D eigenvalue weighted by Gasteiger charge is -2.14. The van der Waals surface area contributed by atoms with Crippen molar-refractivity contribution in [2.45, 2.75) is 19.4 Å². The Bertz CT molecular complexity index is 1680. The number of H-pyrrole nitrogens is 2. The molecular weight excluding hydrogens is 450 g/mol. The van der Waals surface area contributed by atoms with Gasteiger partial charge in [0.2, 0.25) is 0 Å². The maximum atomic E-state index is 4.90. The molecule has 9 heteroatoms. The van der Waals surface area contributed by atoms with Crippen LogP contribution in [0.15, 0.2) is 67.6 Å². The van der Waals surface area contributed by atoms with E-state index in [9.17, 15) is 0 Å². The summed E-state index contributed by atoms with van der Waals surface area (Å²) in [5.74, 6) is 0.661. The minimum Gasteiger partial charge on any atom is -0.335 e. The highest BCUT2D eigenvalue weighted by molar-refractivity contribution is 5.96. The molecule has 1 aliphatic heterocycles. The molecule has 7 heterocycles. The molecule has 0 aromatic carbocycles. The number of likely N-dealkylation sites (tertiary alicyclic amines) is 1. The lowest BCUT2D eigenvalue weighted by Crippen LogP contribution is -2.18. The molecule has 176 valence electrons. The Hall–Kier alpha value is -4.50. The summed E-state index contributed by atoms with van der Waals surface area (Å²) < 4.78 is 0. The van der Waals surface area contributed by atoms with Crippen molar-refractivity contribution in [1.82, 2.24) is 45.0 Å². The topological polar surface area (TPSA) is 112 Å². The van der Waals surface area contributed by atoms with E-state index >= 15 is 0 Å².